The highest BCUT2D eigenvalue weighted by atomic mass is 16.5. The number of benzene rings is 1. The Morgan fingerprint density at radius 3 is 2.92 bits per heavy atom. The Kier molecular flexibility index (Phi) is 2.01. The van der Waals surface area contributed by atoms with Gasteiger partial charge in [0.05, 0.1) is 12.9 Å². The van der Waals surface area contributed by atoms with Crippen molar-refractivity contribution in [3.63, 3.8) is 0 Å². The molecule has 13 heavy (non-hydrogen) atoms. The van der Waals surface area contributed by atoms with Crippen LogP contribution < -0.4 is 4.74 Å². The summed E-state index contributed by atoms with van der Waals surface area (Å²) < 4.78 is 10.7. The molecule has 0 atom stereocenters. The maximum absolute atomic E-state index is 5.56. The molecule has 66 valence electrons. The van der Waals surface area contributed by atoms with E-state index in [1.165, 1.54) is 0 Å². The summed E-state index contributed by atoms with van der Waals surface area (Å²) in [7, 11) is 3.75. The second-order valence-electron chi connectivity index (χ2n) is 2.97. The first kappa shape index (κ1) is 8.23. The third kappa shape index (κ3) is 1.42. The molecule has 0 bridgehead atoms. The molecule has 2 aromatic rings. The number of methoxy groups -OCH3 is 1. The Bertz CT molecular complexity index is 418. The van der Waals surface area contributed by atoms with E-state index in [9.17, 15) is 0 Å². The van der Waals surface area contributed by atoms with Gasteiger partial charge in [-0.25, -0.2) is 0 Å². The molecule has 2 nitrogen and oxygen atoms in total. The maximum atomic E-state index is 5.56. The Labute approximate surface area is 77.9 Å². The Balaban J connectivity index is 2.57. The number of furan rings is 1. The number of hydrogen-bond donors (Lipinski definition) is 0. The van der Waals surface area contributed by atoms with Gasteiger partial charge < -0.3 is 9.15 Å². The van der Waals surface area contributed by atoms with Gasteiger partial charge in [0.15, 0.2) is 0 Å². The molecular formula is C10H11BO2. The van der Waals surface area contributed by atoms with Gasteiger partial charge >= 0.3 is 0 Å². The third-order valence-electron chi connectivity index (χ3n) is 2.12. The quantitative estimate of drug-likeness (QED) is 0.644. The molecule has 0 unspecified atom stereocenters. The lowest BCUT2D eigenvalue weighted by atomic mass is 10.0. The SMILES string of the molecule is BCc1cc2cc(OC)ccc2o1. The normalized spacial score (nSPS) is 10.5. The lowest BCUT2D eigenvalue weighted by molar-refractivity contribution is 0.415. The highest BCUT2D eigenvalue weighted by molar-refractivity contribution is 6.08. The molecule has 0 aliphatic heterocycles. The van der Waals surface area contributed by atoms with Crippen molar-refractivity contribution in [1.82, 2.24) is 0 Å². The van der Waals surface area contributed by atoms with Crippen molar-refractivity contribution in [3.05, 3.63) is 30.0 Å². The molecule has 2 rings (SSSR count). The van der Waals surface area contributed by atoms with Gasteiger partial charge in [-0.1, -0.05) is 0 Å². The van der Waals surface area contributed by atoms with Gasteiger partial charge in [-0.15, -0.1) is 0 Å². The van der Waals surface area contributed by atoms with Crippen molar-refractivity contribution in [1.29, 1.82) is 0 Å². The summed E-state index contributed by atoms with van der Waals surface area (Å²) in [6, 6.07) is 7.88. The third-order valence-corrected chi connectivity index (χ3v) is 2.12. The molecule has 1 aromatic heterocycles. The average molecular weight is 174 g/mol. The van der Waals surface area contributed by atoms with E-state index >= 15 is 0 Å². The van der Waals surface area contributed by atoms with Gasteiger partial charge in [0.1, 0.15) is 19.2 Å². The fourth-order valence-electron chi connectivity index (χ4n) is 1.38. The molecule has 1 aromatic carbocycles. The summed E-state index contributed by atoms with van der Waals surface area (Å²) in [5, 5.41) is 1.11. The second-order valence-corrected chi connectivity index (χ2v) is 2.97. The molecule has 0 saturated carbocycles. The number of fused-ring (bicyclic) bond motifs is 1. The van der Waals surface area contributed by atoms with E-state index < -0.39 is 0 Å². The van der Waals surface area contributed by atoms with Gasteiger partial charge in [-0.05, 0) is 30.6 Å². The molecule has 0 fully saturated rings. The fourth-order valence-corrected chi connectivity index (χ4v) is 1.38. The standard InChI is InChI=1S/C10H11BO2/c1-12-8-2-3-10-7(4-8)5-9(6-11)13-10/h2-5H,6,11H2,1H3. The van der Waals surface area contributed by atoms with Gasteiger partial charge in [0.2, 0.25) is 0 Å². The molecular weight excluding hydrogens is 163 g/mol. The van der Waals surface area contributed by atoms with Crippen LogP contribution in [0.5, 0.6) is 5.75 Å². The van der Waals surface area contributed by atoms with Crippen molar-refractivity contribution < 1.29 is 9.15 Å². The molecule has 0 saturated heterocycles. The molecule has 0 radical (unpaired) electrons. The number of ether oxygens (including phenoxy) is 1. The summed E-state index contributed by atoms with van der Waals surface area (Å²) in [5.41, 5.74) is 0.928. The monoisotopic (exact) mass is 174 g/mol. The van der Waals surface area contributed by atoms with Crippen molar-refractivity contribution in [2.24, 2.45) is 0 Å². The summed E-state index contributed by atoms with van der Waals surface area (Å²) in [6.45, 7) is 0. The number of rotatable bonds is 2. The zero-order chi connectivity index (χ0) is 9.26. The molecule has 3 heteroatoms. The van der Waals surface area contributed by atoms with Crippen molar-refractivity contribution in [3.8, 4) is 5.75 Å². The predicted octanol–water partition coefficient (Wildman–Crippen LogP) is 1.57. The summed E-state index contributed by atoms with van der Waals surface area (Å²) in [6.07, 6.45) is 0.928. The summed E-state index contributed by atoms with van der Waals surface area (Å²) in [5.74, 6) is 1.89. The average Bonchev–Trinajstić information content (AvgIpc) is 2.58. The Morgan fingerprint density at radius 1 is 1.38 bits per heavy atom. The van der Waals surface area contributed by atoms with Crippen LogP contribution in [0.3, 0.4) is 0 Å². The fraction of sp³-hybridized carbons (Fsp3) is 0.200. The van der Waals surface area contributed by atoms with Crippen LogP contribution in [-0.2, 0) is 6.32 Å². The lowest BCUT2D eigenvalue weighted by Gasteiger charge is -1.96. The van der Waals surface area contributed by atoms with Crippen LogP contribution in [0, 0.1) is 0 Å². The van der Waals surface area contributed by atoms with Gasteiger partial charge in [0, 0.05) is 5.39 Å². The first-order chi connectivity index (χ1) is 6.33. The van der Waals surface area contributed by atoms with Crippen LogP contribution in [0.2, 0.25) is 0 Å². The smallest absolute Gasteiger partial charge is 0.134 e. The minimum atomic E-state index is 0.871. The predicted molar refractivity (Wildman–Crippen MR) is 55.0 cm³/mol. The molecule has 0 amide bonds. The van der Waals surface area contributed by atoms with Crippen molar-refractivity contribution in [2.45, 2.75) is 6.32 Å². The minimum absolute atomic E-state index is 0.871. The van der Waals surface area contributed by atoms with Crippen LogP contribution in [0.4, 0.5) is 0 Å². The van der Waals surface area contributed by atoms with E-state index in [0.717, 1.165) is 28.8 Å². The highest BCUT2D eigenvalue weighted by Gasteiger charge is 2.02. The van der Waals surface area contributed by atoms with Crippen LogP contribution in [0.15, 0.2) is 28.7 Å². The van der Waals surface area contributed by atoms with Crippen LogP contribution in [-0.4, -0.2) is 15.0 Å². The van der Waals surface area contributed by atoms with Crippen molar-refractivity contribution in [2.75, 3.05) is 7.11 Å². The topological polar surface area (TPSA) is 22.4 Å². The molecule has 0 aliphatic carbocycles. The Hall–Kier alpha value is -1.38. The molecule has 0 spiro atoms. The van der Waals surface area contributed by atoms with Gasteiger partial charge in [0.25, 0.3) is 0 Å². The molecule has 1 heterocycles. The van der Waals surface area contributed by atoms with Gasteiger partial charge in [-0.2, -0.15) is 0 Å². The summed E-state index contributed by atoms with van der Waals surface area (Å²) >= 11 is 0. The van der Waals surface area contributed by atoms with E-state index in [1.54, 1.807) is 7.11 Å². The zero-order valence-electron chi connectivity index (χ0n) is 7.83. The van der Waals surface area contributed by atoms with Crippen molar-refractivity contribution >= 4 is 18.8 Å². The first-order valence-corrected chi connectivity index (χ1v) is 4.40. The van der Waals surface area contributed by atoms with Gasteiger partial charge in [-0.3, -0.25) is 0 Å². The molecule has 0 N–H and O–H groups in total. The van der Waals surface area contributed by atoms with E-state index in [1.807, 2.05) is 18.2 Å². The van der Waals surface area contributed by atoms with Crippen LogP contribution >= 0.6 is 0 Å². The van der Waals surface area contributed by atoms with E-state index in [0.29, 0.717) is 0 Å². The lowest BCUT2D eigenvalue weighted by Crippen LogP contribution is -1.79. The van der Waals surface area contributed by atoms with Crippen LogP contribution in [0.1, 0.15) is 5.76 Å². The zero-order valence-corrected chi connectivity index (χ0v) is 7.83. The maximum Gasteiger partial charge on any atom is 0.134 e. The van der Waals surface area contributed by atoms with E-state index in [2.05, 4.69) is 13.9 Å². The highest BCUT2D eigenvalue weighted by Crippen LogP contribution is 2.23. The largest absolute Gasteiger partial charge is 0.497 e. The van der Waals surface area contributed by atoms with E-state index in [4.69, 9.17) is 9.15 Å². The second kappa shape index (κ2) is 3.17. The summed E-state index contributed by atoms with van der Waals surface area (Å²) in [4.78, 5) is 0. The van der Waals surface area contributed by atoms with Crippen LogP contribution in [0.25, 0.3) is 11.0 Å². The Morgan fingerprint density at radius 2 is 2.23 bits per heavy atom. The first-order valence-electron chi connectivity index (χ1n) is 4.40. The van der Waals surface area contributed by atoms with E-state index in [-0.39, 0.29) is 0 Å². The molecule has 0 aliphatic rings. The number of hydrogen-bond acceptors (Lipinski definition) is 2. The minimum Gasteiger partial charge on any atom is -0.497 e.